The highest BCUT2D eigenvalue weighted by Gasteiger charge is 2.16. The third-order valence-corrected chi connectivity index (χ3v) is 5.14. The van der Waals surface area contributed by atoms with Crippen molar-refractivity contribution < 1.29 is 8.42 Å². The van der Waals surface area contributed by atoms with E-state index in [2.05, 4.69) is 9.62 Å². The number of sulfonamides is 1. The number of hydrogen-bond donors (Lipinski definition) is 2. The molecule has 2 rings (SSSR count). The van der Waals surface area contributed by atoms with Crippen molar-refractivity contribution in [3.05, 3.63) is 24.3 Å². The van der Waals surface area contributed by atoms with Gasteiger partial charge in [0.05, 0.1) is 5.69 Å². The molecule has 0 radical (unpaired) electrons. The van der Waals surface area contributed by atoms with Crippen LogP contribution in [0.25, 0.3) is 0 Å². The fourth-order valence-electron chi connectivity index (χ4n) is 2.50. The SMILES string of the molecule is Nc1ccccc1S(=O)(=O)NCCCN1CCCCC1. The number of benzene rings is 1. The Kier molecular flexibility index (Phi) is 5.39. The molecule has 0 aromatic heterocycles. The Hall–Kier alpha value is -1.11. The molecule has 0 bridgehead atoms. The van der Waals surface area contributed by atoms with Gasteiger partial charge in [0, 0.05) is 6.54 Å². The Labute approximate surface area is 121 Å². The lowest BCUT2D eigenvalue weighted by Gasteiger charge is -2.26. The van der Waals surface area contributed by atoms with Crippen molar-refractivity contribution in [3.8, 4) is 0 Å². The van der Waals surface area contributed by atoms with Crippen LogP contribution in [-0.4, -0.2) is 39.5 Å². The molecule has 1 aliphatic rings. The normalized spacial score (nSPS) is 17.2. The van der Waals surface area contributed by atoms with Crippen LogP contribution in [0.5, 0.6) is 0 Å². The second-order valence-corrected chi connectivity index (χ2v) is 6.93. The number of nitrogens with two attached hydrogens (primary N) is 1. The number of rotatable bonds is 6. The van der Waals surface area contributed by atoms with Crippen molar-refractivity contribution in [1.82, 2.24) is 9.62 Å². The number of nitrogens with zero attached hydrogens (tertiary/aromatic N) is 1. The Bertz CT molecular complexity index is 525. The Morgan fingerprint density at radius 3 is 2.55 bits per heavy atom. The molecule has 1 aromatic rings. The molecule has 3 N–H and O–H groups in total. The lowest BCUT2D eigenvalue weighted by molar-refractivity contribution is 0.227. The van der Waals surface area contributed by atoms with Gasteiger partial charge >= 0.3 is 0 Å². The number of nitrogens with one attached hydrogen (secondary N) is 1. The molecule has 0 spiro atoms. The minimum absolute atomic E-state index is 0.165. The molecule has 5 nitrogen and oxygen atoms in total. The molecule has 112 valence electrons. The van der Waals surface area contributed by atoms with Crippen molar-refractivity contribution in [1.29, 1.82) is 0 Å². The summed E-state index contributed by atoms with van der Waals surface area (Å²) < 4.78 is 26.8. The number of nitrogen functional groups attached to an aromatic ring is 1. The van der Waals surface area contributed by atoms with Crippen LogP contribution in [0.2, 0.25) is 0 Å². The van der Waals surface area contributed by atoms with Crippen LogP contribution < -0.4 is 10.5 Å². The van der Waals surface area contributed by atoms with Gasteiger partial charge in [0.1, 0.15) is 4.90 Å². The maximum Gasteiger partial charge on any atom is 0.242 e. The Balaban J connectivity index is 1.79. The molecular formula is C14H23N3O2S. The smallest absolute Gasteiger partial charge is 0.242 e. The van der Waals surface area contributed by atoms with Crippen LogP contribution in [-0.2, 0) is 10.0 Å². The molecule has 0 unspecified atom stereocenters. The predicted octanol–water partition coefficient (Wildman–Crippen LogP) is 1.42. The molecule has 20 heavy (non-hydrogen) atoms. The first-order valence-electron chi connectivity index (χ1n) is 7.16. The third kappa shape index (κ3) is 4.19. The minimum atomic E-state index is -3.49. The number of likely N-dealkylation sites (tertiary alicyclic amines) is 1. The third-order valence-electron chi connectivity index (χ3n) is 3.60. The summed E-state index contributed by atoms with van der Waals surface area (Å²) in [6, 6.07) is 6.54. The zero-order chi connectivity index (χ0) is 14.4. The zero-order valence-corrected chi connectivity index (χ0v) is 12.5. The molecule has 6 heteroatoms. The van der Waals surface area contributed by atoms with Crippen molar-refractivity contribution in [3.63, 3.8) is 0 Å². The van der Waals surface area contributed by atoms with E-state index < -0.39 is 10.0 Å². The number of para-hydroxylation sites is 1. The minimum Gasteiger partial charge on any atom is -0.398 e. The number of piperidine rings is 1. The molecule has 1 aromatic carbocycles. The lowest BCUT2D eigenvalue weighted by atomic mass is 10.1. The van der Waals surface area contributed by atoms with E-state index in [0.717, 1.165) is 26.1 Å². The topological polar surface area (TPSA) is 75.4 Å². The van der Waals surface area contributed by atoms with Crippen LogP contribution in [0.15, 0.2) is 29.2 Å². The van der Waals surface area contributed by atoms with Crippen molar-refractivity contribution in [2.75, 3.05) is 31.9 Å². The quantitative estimate of drug-likeness (QED) is 0.615. The van der Waals surface area contributed by atoms with E-state index in [9.17, 15) is 8.42 Å². The van der Waals surface area contributed by atoms with Crippen LogP contribution in [0, 0.1) is 0 Å². The average Bonchev–Trinajstić information content (AvgIpc) is 2.45. The van der Waals surface area contributed by atoms with Gasteiger partial charge in [-0.3, -0.25) is 0 Å². The maximum absolute atomic E-state index is 12.1. The van der Waals surface area contributed by atoms with E-state index in [1.54, 1.807) is 18.2 Å². The van der Waals surface area contributed by atoms with Gasteiger partial charge < -0.3 is 10.6 Å². The van der Waals surface area contributed by atoms with Gasteiger partial charge in [-0.05, 0) is 51.0 Å². The lowest BCUT2D eigenvalue weighted by Crippen LogP contribution is -2.33. The van der Waals surface area contributed by atoms with E-state index >= 15 is 0 Å². The van der Waals surface area contributed by atoms with Gasteiger partial charge in [0.25, 0.3) is 0 Å². The van der Waals surface area contributed by atoms with Gasteiger partial charge in [-0.15, -0.1) is 0 Å². The highest BCUT2D eigenvalue weighted by Crippen LogP contribution is 2.16. The first kappa shape index (κ1) is 15.3. The second-order valence-electron chi connectivity index (χ2n) is 5.19. The highest BCUT2D eigenvalue weighted by molar-refractivity contribution is 7.89. The summed E-state index contributed by atoms with van der Waals surface area (Å²) in [5.74, 6) is 0. The Morgan fingerprint density at radius 2 is 1.85 bits per heavy atom. The summed E-state index contributed by atoms with van der Waals surface area (Å²) in [7, 11) is -3.49. The fraction of sp³-hybridized carbons (Fsp3) is 0.571. The second kappa shape index (κ2) is 7.06. The molecule has 0 atom stereocenters. The highest BCUT2D eigenvalue weighted by atomic mass is 32.2. The van der Waals surface area contributed by atoms with E-state index in [1.807, 2.05) is 0 Å². The summed E-state index contributed by atoms with van der Waals surface area (Å²) in [6.45, 7) is 3.68. The largest absolute Gasteiger partial charge is 0.398 e. The molecule has 1 saturated heterocycles. The molecule has 0 aliphatic carbocycles. The summed E-state index contributed by atoms with van der Waals surface area (Å²) in [5, 5.41) is 0. The van der Waals surface area contributed by atoms with Gasteiger partial charge in [0.15, 0.2) is 0 Å². The van der Waals surface area contributed by atoms with E-state index in [0.29, 0.717) is 6.54 Å². The number of anilines is 1. The van der Waals surface area contributed by atoms with Crippen molar-refractivity contribution >= 4 is 15.7 Å². The van der Waals surface area contributed by atoms with Crippen LogP contribution in [0.3, 0.4) is 0 Å². The molecule has 0 amide bonds. The van der Waals surface area contributed by atoms with Crippen LogP contribution >= 0.6 is 0 Å². The fourth-order valence-corrected chi connectivity index (χ4v) is 3.70. The van der Waals surface area contributed by atoms with Gasteiger partial charge in [-0.2, -0.15) is 0 Å². The van der Waals surface area contributed by atoms with Crippen LogP contribution in [0.4, 0.5) is 5.69 Å². The van der Waals surface area contributed by atoms with Crippen molar-refractivity contribution in [2.45, 2.75) is 30.6 Å². The van der Waals surface area contributed by atoms with E-state index in [1.165, 1.54) is 25.3 Å². The summed E-state index contributed by atoms with van der Waals surface area (Å²) in [4.78, 5) is 2.56. The standard InChI is InChI=1S/C14H23N3O2S/c15-13-7-2-3-8-14(13)20(18,19)16-9-6-12-17-10-4-1-5-11-17/h2-3,7-8,16H,1,4-6,9-12,15H2. The monoisotopic (exact) mass is 297 g/mol. The first-order valence-corrected chi connectivity index (χ1v) is 8.64. The van der Waals surface area contributed by atoms with Gasteiger partial charge in [-0.1, -0.05) is 18.6 Å². The molecular weight excluding hydrogens is 274 g/mol. The molecule has 1 heterocycles. The maximum atomic E-state index is 12.1. The summed E-state index contributed by atoms with van der Waals surface area (Å²) in [6.07, 6.45) is 4.65. The van der Waals surface area contributed by atoms with Gasteiger partial charge in [0.2, 0.25) is 10.0 Å². The predicted molar refractivity (Wildman–Crippen MR) is 81.0 cm³/mol. The summed E-state index contributed by atoms with van der Waals surface area (Å²) >= 11 is 0. The zero-order valence-electron chi connectivity index (χ0n) is 11.7. The molecule has 0 saturated carbocycles. The first-order chi connectivity index (χ1) is 9.59. The summed E-state index contributed by atoms with van der Waals surface area (Å²) in [5.41, 5.74) is 5.99. The van der Waals surface area contributed by atoms with Crippen LogP contribution in [0.1, 0.15) is 25.7 Å². The number of hydrogen-bond acceptors (Lipinski definition) is 4. The van der Waals surface area contributed by atoms with E-state index in [-0.39, 0.29) is 10.6 Å². The average molecular weight is 297 g/mol. The van der Waals surface area contributed by atoms with Crippen molar-refractivity contribution in [2.24, 2.45) is 0 Å². The van der Waals surface area contributed by atoms with Gasteiger partial charge in [-0.25, -0.2) is 13.1 Å². The molecule has 1 aliphatic heterocycles. The Morgan fingerprint density at radius 1 is 1.15 bits per heavy atom. The van der Waals surface area contributed by atoms with E-state index in [4.69, 9.17) is 5.73 Å². The molecule has 1 fully saturated rings.